The maximum absolute atomic E-state index is 8.44. The third-order valence-electron chi connectivity index (χ3n) is 20.0. The van der Waals surface area contributed by atoms with Crippen molar-refractivity contribution in [1.82, 2.24) is 0 Å². The van der Waals surface area contributed by atoms with Gasteiger partial charge >= 0.3 is 18.1 Å². The van der Waals surface area contributed by atoms with Gasteiger partial charge in [-0.1, -0.05) is 204 Å². The van der Waals surface area contributed by atoms with Gasteiger partial charge in [-0.25, -0.2) is 0 Å². The molecular formula is C84H88O8Si2. The fourth-order valence-electron chi connectivity index (χ4n) is 15.2. The lowest BCUT2D eigenvalue weighted by Crippen LogP contribution is -2.62. The Bertz CT molecular complexity index is 4350. The zero-order chi connectivity index (χ0) is 65.8. The summed E-state index contributed by atoms with van der Waals surface area (Å²) in [5.74, 6) is 5.42. The van der Waals surface area contributed by atoms with Gasteiger partial charge in [0.25, 0.3) is 0 Å². The topological polar surface area (TPSA) is 73.8 Å². The Balaban J connectivity index is 1.18. The second kappa shape index (κ2) is 22.1. The number of hydrogen-bond donors (Lipinski definition) is 0. The highest BCUT2D eigenvalue weighted by Crippen LogP contribution is 2.53. The third kappa shape index (κ3) is 11.0. The van der Waals surface area contributed by atoms with Crippen LogP contribution in [0, 0.1) is 0 Å². The predicted molar refractivity (Wildman–Crippen MR) is 381 cm³/mol. The lowest BCUT2D eigenvalue weighted by Gasteiger charge is -2.39. The van der Waals surface area contributed by atoms with E-state index in [1.165, 1.54) is 16.7 Å². The molecule has 0 radical (unpaired) electrons. The summed E-state index contributed by atoms with van der Waals surface area (Å²) in [7, 11) is -9.59. The van der Waals surface area contributed by atoms with Gasteiger partial charge in [-0.2, -0.15) is 0 Å². The first kappa shape index (κ1) is 61.7. The lowest BCUT2D eigenvalue weighted by molar-refractivity contribution is 0.150. The Hall–Kier alpha value is -8.45. The Labute approximate surface area is 559 Å². The fourth-order valence-corrected chi connectivity index (χ4v) is 19.8. The highest BCUT2D eigenvalue weighted by molar-refractivity contribution is 6.58. The van der Waals surface area contributed by atoms with Gasteiger partial charge in [0, 0.05) is 51.4 Å². The molecule has 0 unspecified atom stereocenters. The first-order valence-electron chi connectivity index (χ1n) is 33.8. The molecule has 14 bridgehead atoms. The van der Waals surface area contributed by atoms with Gasteiger partial charge < -0.3 is 35.4 Å². The van der Waals surface area contributed by atoms with Crippen molar-refractivity contribution in [1.29, 1.82) is 0 Å². The quantitative estimate of drug-likeness (QED) is 0.110. The summed E-state index contributed by atoms with van der Waals surface area (Å²) in [6.45, 7) is 44.8. The molecule has 10 aliphatic rings. The van der Waals surface area contributed by atoms with Crippen molar-refractivity contribution in [3.63, 3.8) is 0 Å². The number of allylic oxidation sites excluding steroid dienone is 4. The molecule has 0 aromatic heterocycles. The molecule has 0 N–H and O–H groups in total. The van der Waals surface area contributed by atoms with E-state index in [2.05, 4.69) is 206 Å². The molecular weight excluding hydrogens is 1190 g/mol. The normalized spacial score (nSPS) is 18.3. The van der Waals surface area contributed by atoms with Gasteiger partial charge in [0.1, 0.15) is 46.0 Å². The van der Waals surface area contributed by atoms with E-state index in [9.17, 15) is 0 Å². The molecule has 0 amide bonds. The van der Waals surface area contributed by atoms with E-state index in [1.54, 1.807) is 0 Å². The van der Waals surface area contributed by atoms with Crippen molar-refractivity contribution in [2.45, 2.75) is 182 Å². The van der Waals surface area contributed by atoms with E-state index < -0.39 is 18.1 Å². The largest absolute Gasteiger partial charge is 0.966 e. The maximum atomic E-state index is 8.44. The standard InChI is InChI=1S/C84H88O8Si2/c1-17-21-49-25-53-33-55-27-50(22-18-2)29-57-35-59-31-52(24-20-4)32-60-36-58-30-51(23-19-3)28-56-34-54(26-49)73(53)85-93(86-74(55)57,87-75(56)58)89-77-61-37-63-43-70(82(8,9)10)45-65-39-67-47-72(84(14,15)16)48-68-40-66-46-71(83(11,12)13)44-64(38-62(77)42-69(41-61)81(5,6)7)79(66)91-94(88-76(59)60,90-78(63)65)92-80(67)68/h17-20,25-32,41-48H,1-4,21-24,33-40H2,5-16H3. The second-order valence-corrected chi connectivity index (χ2v) is 35.3. The van der Waals surface area contributed by atoms with Gasteiger partial charge in [0.05, 0.1) is 0 Å². The molecule has 18 rings (SSSR count). The van der Waals surface area contributed by atoms with Gasteiger partial charge in [-0.3, -0.25) is 0 Å². The van der Waals surface area contributed by atoms with Crippen LogP contribution in [0.4, 0.5) is 0 Å². The van der Waals surface area contributed by atoms with E-state index in [4.69, 9.17) is 35.4 Å². The van der Waals surface area contributed by atoms with Gasteiger partial charge in [0.2, 0.25) is 0 Å². The molecule has 8 aromatic carbocycles. The summed E-state index contributed by atoms with van der Waals surface area (Å²) in [6, 6.07) is 37.3. The Morgan fingerprint density at radius 2 is 0.372 bits per heavy atom. The van der Waals surface area contributed by atoms with Crippen molar-refractivity contribution in [3.8, 4) is 46.0 Å². The second-order valence-electron chi connectivity index (χ2n) is 31.7. The summed E-state index contributed by atoms with van der Waals surface area (Å²) in [4.78, 5) is 0. The Kier molecular flexibility index (Phi) is 14.5. The van der Waals surface area contributed by atoms with Crippen LogP contribution in [0.2, 0.25) is 0 Å². The van der Waals surface area contributed by atoms with Crippen LogP contribution in [0.3, 0.4) is 0 Å². The number of rotatable bonds is 8. The summed E-state index contributed by atoms with van der Waals surface area (Å²) in [5.41, 5.74) is 23.9. The fraction of sp³-hybridized carbons (Fsp3) is 0.333. The molecule has 0 saturated heterocycles. The average Bonchev–Trinajstić information content (AvgIpc) is 0.727. The van der Waals surface area contributed by atoms with Crippen molar-refractivity contribution in [2.24, 2.45) is 0 Å². The minimum absolute atomic E-state index is 0.202. The van der Waals surface area contributed by atoms with Crippen molar-refractivity contribution in [2.75, 3.05) is 0 Å². The van der Waals surface area contributed by atoms with Crippen molar-refractivity contribution in [3.05, 3.63) is 281 Å². The predicted octanol–water partition coefficient (Wildman–Crippen LogP) is 18.8. The van der Waals surface area contributed by atoms with Crippen LogP contribution < -0.4 is 35.4 Å². The van der Waals surface area contributed by atoms with E-state index in [-0.39, 0.29) is 21.7 Å². The van der Waals surface area contributed by atoms with Gasteiger partial charge in [-0.05, 0) is 181 Å². The molecule has 10 aliphatic heterocycles. The van der Waals surface area contributed by atoms with Crippen LogP contribution in [0.15, 0.2) is 148 Å². The summed E-state index contributed by atoms with van der Waals surface area (Å²) < 4.78 is 65.8. The van der Waals surface area contributed by atoms with E-state index >= 15 is 0 Å². The molecule has 0 aliphatic carbocycles. The van der Waals surface area contributed by atoms with Crippen LogP contribution in [0.25, 0.3) is 0 Å². The minimum atomic E-state index is -4.80. The number of benzene rings is 8. The monoisotopic (exact) mass is 1280 g/mol. The molecule has 8 aromatic rings. The molecule has 10 heterocycles. The molecule has 0 saturated carbocycles. The Morgan fingerprint density at radius 1 is 0.245 bits per heavy atom. The number of hydrogen-bond acceptors (Lipinski definition) is 8. The van der Waals surface area contributed by atoms with Crippen LogP contribution in [-0.2, 0) is 98.7 Å². The molecule has 8 nitrogen and oxygen atoms in total. The SMILES string of the molecule is C=CCc1cc2c3c(c1)Cc1cc(CC=C)cc4c1O[Si]1(O3)Oc3c(cc(CC=C)cc3Cc3cc(CC=C)cc(c3O[Si]35Oc6c7cc(C(C)(C)C)cc6Cc6cc(C(C)(C)C)cc(c6O3)Cc3cc(C(C)(C)C)cc(c3O5)Cc3cc(C(C)(C)C)cc(c3O1)C7)C4)C2. The molecule has 2 spiro atoms. The summed E-state index contributed by atoms with van der Waals surface area (Å²) in [6.07, 6.45) is 14.1. The first-order chi connectivity index (χ1) is 44.6. The zero-order valence-electron chi connectivity index (χ0n) is 57.1. The van der Waals surface area contributed by atoms with Crippen molar-refractivity contribution >= 4 is 18.1 Å². The molecule has 480 valence electrons. The summed E-state index contributed by atoms with van der Waals surface area (Å²) in [5, 5.41) is 0. The third-order valence-corrected chi connectivity index (χ3v) is 23.7. The van der Waals surface area contributed by atoms with Crippen LogP contribution >= 0.6 is 0 Å². The molecule has 0 fully saturated rings. The first-order valence-corrected chi connectivity index (χ1v) is 37.1. The smallest absolute Gasteiger partial charge is 0.452 e. The Morgan fingerprint density at radius 3 is 0.489 bits per heavy atom. The highest BCUT2D eigenvalue weighted by atomic mass is 28.4. The zero-order valence-corrected chi connectivity index (χ0v) is 59.1. The lowest BCUT2D eigenvalue weighted by atomic mass is 9.79. The maximum Gasteiger partial charge on any atom is 0.966 e. The van der Waals surface area contributed by atoms with Gasteiger partial charge in [0.15, 0.2) is 0 Å². The molecule has 0 atom stereocenters. The van der Waals surface area contributed by atoms with Crippen LogP contribution in [-0.4, -0.2) is 18.1 Å². The minimum Gasteiger partial charge on any atom is -0.452 e. The van der Waals surface area contributed by atoms with E-state index in [1.807, 2.05) is 24.3 Å². The summed E-state index contributed by atoms with van der Waals surface area (Å²) >= 11 is 0. The average molecular weight is 1280 g/mol. The highest BCUT2D eigenvalue weighted by Gasteiger charge is 2.64. The molecule has 94 heavy (non-hydrogen) atoms. The van der Waals surface area contributed by atoms with Crippen molar-refractivity contribution < 1.29 is 35.4 Å². The van der Waals surface area contributed by atoms with E-state index in [0.29, 0.717) is 112 Å². The van der Waals surface area contributed by atoms with E-state index in [0.717, 1.165) is 128 Å². The molecule has 10 heteroatoms. The van der Waals surface area contributed by atoms with Crippen LogP contribution in [0.1, 0.15) is 217 Å². The van der Waals surface area contributed by atoms with Gasteiger partial charge in [-0.15, -0.1) is 26.3 Å². The van der Waals surface area contributed by atoms with Crippen LogP contribution in [0.5, 0.6) is 46.0 Å².